The lowest BCUT2D eigenvalue weighted by Gasteiger charge is -2.36. The van der Waals surface area contributed by atoms with Crippen LogP contribution in [-0.2, 0) is 4.84 Å². The van der Waals surface area contributed by atoms with Crippen LogP contribution in [-0.4, -0.2) is 29.3 Å². The monoisotopic (exact) mass is 237 g/mol. The molecule has 1 aliphatic heterocycles. The molecular formula is C11H19N5O. The fourth-order valence-electron chi connectivity index (χ4n) is 1.46. The molecular weight excluding hydrogens is 218 g/mol. The predicted octanol–water partition coefficient (Wildman–Crippen LogP) is 0.403. The smallest absolute Gasteiger partial charge is 0.226 e. The summed E-state index contributed by atoms with van der Waals surface area (Å²) in [6, 6.07) is 0. The first-order valence-electron chi connectivity index (χ1n) is 5.49. The standard InChI is InChI=1S/C11H19N5O/c1-4-5-6-7-8-17-16-10(13)14-9(12)15-11(16,2)3/h6-8H2,1-3H3,(H4,12,13,14,15). The minimum Gasteiger partial charge on any atom is -0.368 e. The lowest BCUT2D eigenvalue weighted by atomic mass is 10.2. The van der Waals surface area contributed by atoms with E-state index in [2.05, 4.69) is 21.8 Å². The van der Waals surface area contributed by atoms with E-state index in [1.165, 1.54) is 5.06 Å². The van der Waals surface area contributed by atoms with Gasteiger partial charge in [0.15, 0.2) is 5.66 Å². The fourth-order valence-corrected chi connectivity index (χ4v) is 1.46. The van der Waals surface area contributed by atoms with E-state index in [0.717, 1.165) is 12.8 Å². The highest BCUT2D eigenvalue weighted by Crippen LogP contribution is 2.19. The molecule has 1 rings (SSSR count). The number of hydrogen-bond donors (Lipinski definition) is 2. The highest BCUT2D eigenvalue weighted by atomic mass is 16.7. The summed E-state index contributed by atoms with van der Waals surface area (Å²) >= 11 is 0. The summed E-state index contributed by atoms with van der Waals surface area (Å²) in [5, 5.41) is 1.47. The first-order valence-corrected chi connectivity index (χ1v) is 5.49. The summed E-state index contributed by atoms with van der Waals surface area (Å²) in [5.41, 5.74) is 10.7. The van der Waals surface area contributed by atoms with Crippen molar-refractivity contribution in [2.75, 3.05) is 6.61 Å². The maximum atomic E-state index is 5.75. The molecule has 0 radical (unpaired) electrons. The second-order valence-corrected chi connectivity index (χ2v) is 4.09. The lowest BCUT2D eigenvalue weighted by molar-refractivity contribution is -0.157. The van der Waals surface area contributed by atoms with E-state index < -0.39 is 5.66 Å². The molecule has 0 unspecified atom stereocenters. The largest absolute Gasteiger partial charge is 0.368 e. The molecule has 0 saturated carbocycles. The average Bonchev–Trinajstić information content (AvgIpc) is 2.19. The van der Waals surface area contributed by atoms with Gasteiger partial charge in [0, 0.05) is 6.42 Å². The van der Waals surface area contributed by atoms with Gasteiger partial charge in [0.2, 0.25) is 11.9 Å². The van der Waals surface area contributed by atoms with Gasteiger partial charge < -0.3 is 11.5 Å². The van der Waals surface area contributed by atoms with Crippen molar-refractivity contribution in [1.29, 1.82) is 0 Å². The summed E-state index contributed by atoms with van der Waals surface area (Å²) in [4.78, 5) is 13.6. The Labute approximate surface area is 102 Å². The van der Waals surface area contributed by atoms with E-state index in [9.17, 15) is 0 Å². The quantitative estimate of drug-likeness (QED) is 0.547. The van der Waals surface area contributed by atoms with Gasteiger partial charge in [-0.25, -0.2) is 4.99 Å². The van der Waals surface area contributed by atoms with Crippen molar-refractivity contribution in [1.82, 2.24) is 5.06 Å². The van der Waals surface area contributed by atoms with Gasteiger partial charge in [-0.2, -0.15) is 10.1 Å². The van der Waals surface area contributed by atoms with Gasteiger partial charge in [-0.05, 0) is 27.2 Å². The molecule has 0 aromatic rings. The number of hydrogen-bond acceptors (Lipinski definition) is 6. The van der Waals surface area contributed by atoms with Crippen LogP contribution in [0.4, 0.5) is 0 Å². The number of nitrogens with zero attached hydrogens (tertiary/aromatic N) is 3. The zero-order chi connectivity index (χ0) is 12.9. The molecule has 1 aliphatic rings. The van der Waals surface area contributed by atoms with Crippen LogP contribution in [0.15, 0.2) is 9.98 Å². The Balaban J connectivity index is 2.52. The van der Waals surface area contributed by atoms with E-state index in [1.54, 1.807) is 0 Å². The van der Waals surface area contributed by atoms with Crippen molar-refractivity contribution in [3.63, 3.8) is 0 Å². The highest BCUT2D eigenvalue weighted by Gasteiger charge is 2.32. The molecule has 0 spiro atoms. The van der Waals surface area contributed by atoms with Crippen molar-refractivity contribution in [2.45, 2.75) is 39.3 Å². The van der Waals surface area contributed by atoms with Gasteiger partial charge in [-0.3, -0.25) is 4.84 Å². The first kappa shape index (κ1) is 13.3. The second kappa shape index (κ2) is 5.55. The number of hydroxylamine groups is 2. The van der Waals surface area contributed by atoms with Gasteiger partial charge in [0.1, 0.15) is 0 Å². The van der Waals surface area contributed by atoms with Gasteiger partial charge in [-0.15, -0.1) is 11.8 Å². The SMILES string of the molecule is CC#CCCCON1C(N)=NC(N)=NC1(C)C. The number of guanidine groups is 2. The third-order valence-corrected chi connectivity index (χ3v) is 2.17. The third-order valence-electron chi connectivity index (χ3n) is 2.17. The molecule has 17 heavy (non-hydrogen) atoms. The van der Waals surface area contributed by atoms with Gasteiger partial charge in [-0.1, -0.05) is 0 Å². The Morgan fingerprint density at radius 3 is 2.71 bits per heavy atom. The minimum absolute atomic E-state index is 0.171. The molecule has 0 fully saturated rings. The molecule has 1 heterocycles. The third kappa shape index (κ3) is 3.64. The van der Waals surface area contributed by atoms with E-state index in [4.69, 9.17) is 16.3 Å². The zero-order valence-corrected chi connectivity index (χ0v) is 10.5. The Morgan fingerprint density at radius 2 is 2.12 bits per heavy atom. The molecule has 0 amide bonds. The zero-order valence-electron chi connectivity index (χ0n) is 10.5. The van der Waals surface area contributed by atoms with Gasteiger partial charge >= 0.3 is 0 Å². The molecule has 0 aliphatic carbocycles. The Morgan fingerprint density at radius 1 is 1.41 bits per heavy atom. The van der Waals surface area contributed by atoms with Crippen LogP contribution in [0.3, 0.4) is 0 Å². The van der Waals surface area contributed by atoms with Crippen molar-refractivity contribution < 1.29 is 4.84 Å². The average molecular weight is 237 g/mol. The van der Waals surface area contributed by atoms with Crippen LogP contribution < -0.4 is 11.5 Å². The van der Waals surface area contributed by atoms with Gasteiger partial charge in [0.05, 0.1) is 6.61 Å². The summed E-state index contributed by atoms with van der Waals surface area (Å²) in [6.07, 6.45) is 1.63. The van der Waals surface area contributed by atoms with E-state index in [-0.39, 0.29) is 11.9 Å². The molecule has 0 saturated heterocycles. The van der Waals surface area contributed by atoms with Crippen molar-refractivity contribution >= 4 is 11.9 Å². The lowest BCUT2D eigenvalue weighted by Crippen LogP contribution is -2.53. The molecule has 0 atom stereocenters. The van der Waals surface area contributed by atoms with Crippen molar-refractivity contribution in [3.8, 4) is 11.8 Å². The molecule has 0 aromatic heterocycles. The van der Waals surface area contributed by atoms with Crippen LogP contribution in [0.25, 0.3) is 0 Å². The second-order valence-electron chi connectivity index (χ2n) is 4.09. The summed E-state index contributed by atoms with van der Waals surface area (Å²) in [6.45, 7) is 6.04. The number of rotatable bonds is 4. The molecule has 6 nitrogen and oxygen atoms in total. The fraction of sp³-hybridized carbons (Fsp3) is 0.636. The minimum atomic E-state index is -0.633. The van der Waals surface area contributed by atoms with Crippen LogP contribution in [0.1, 0.15) is 33.6 Å². The normalized spacial score (nSPS) is 17.9. The maximum absolute atomic E-state index is 5.75. The topological polar surface area (TPSA) is 89.2 Å². The van der Waals surface area contributed by atoms with Crippen LogP contribution >= 0.6 is 0 Å². The van der Waals surface area contributed by atoms with Crippen molar-refractivity contribution in [2.24, 2.45) is 21.5 Å². The summed E-state index contributed by atoms with van der Waals surface area (Å²) < 4.78 is 0. The Kier molecular flexibility index (Phi) is 4.35. The maximum Gasteiger partial charge on any atom is 0.226 e. The van der Waals surface area contributed by atoms with E-state index >= 15 is 0 Å². The van der Waals surface area contributed by atoms with Crippen molar-refractivity contribution in [3.05, 3.63) is 0 Å². The molecule has 0 bridgehead atoms. The predicted molar refractivity (Wildman–Crippen MR) is 67.8 cm³/mol. The summed E-state index contributed by atoms with van der Waals surface area (Å²) in [7, 11) is 0. The van der Waals surface area contributed by atoms with E-state index in [0.29, 0.717) is 6.61 Å². The number of unbranched alkanes of at least 4 members (excludes halogenated alkanes) is 1. The number of aliphatic imine (C=N–C) groups is 2. The number of nitrogens with two attached hydrogens (primary N) is 2. The van der Waals surface area contributed by atoms with Gasteiger partial charge in [0.25, 0.3) is 0 Å². The molecule has 94 valence electrons. The van der Waals surface area contributed by atoms with Crippen LogP contribution in [0.2, 0.25) is 0 Å². The molecule has 0 aromatic carbocycles. The van der Waals surface area contributed by atoms with Crippen LogP contribution in [0.5, 0.6) is 0 Å². The van der Waals surface area contributed by atoms with E-state index in [1.807, 2.05) is 20.8 Å². The Hall–Kier alpha value is -1.74. The highest BCUT2D eigenvalue weighted by molar-refractivity contribution is 5.95. The summed E-state index contributed by atoms with van der Waals surface area (Å²) in [5.74, 6) is 6.19. The molecule has 6 heteroatoms. The van der Waals surface area contributed by atoms with Crippen LogP contribution in [0, 0.1) is 11.8 Å². The molecule has 4 N–H and O–H groups in total. The Bertz CT molecular complexity index is 388. The first-order chi connectivity index (χ1) is 7.97.